The molecule has 0 heterocycles. The summed E-state index contributed by atoms with van der Waals surface area (Å²) in [5, 5.41) is 0. The van der Waals surface area contributed by atoms with Crippen molar-refractivity contribution in [2.45, 2.75) is 304 Å². The second-order valence-electron chi connectivity index (χ2n) is 20.6. The van der Waals surface area contributed by atoms with E-state index in [9.17, 15) is 24.0 Å². The number of hydrogen-bond donors (Lipinski definition) is 0. The van der Waals surface area contributed by atoms with Gasteiger partial charge in [-0.25, -0.2) is 4.79 Å². The minimum Gasteiger partial charge on any atom is -0.465 e. The fraction of sp³-hybridized carbons (Fsp3) is 0.917. The third kappa shape index (κ3) is 46.9. The topological polar surface area (TPSA) is 144 Å². The van der Waals surface area contributed by atoms with Gasteiger partial charge in [0.1, 0.15) is 32.0 Å². The Balaban J connectivity index is 4.94. The van der Waals surface area contributed by atoms with E-state index in [4.69, 9.17) is 28.4 Å². The van der Waals surface area contributed by atoms with Crippen LogP contribution in [0, 0.1) is 5.92 Å². The highest BCUT2D eigenvalue weighted by Gasteiger charge is 2.20. The number of ether oxygens (including phenoxy) is 6. The van der Waals surface area contributed by atoms with Crippen molar-refractivity contribution in [3.63, 3.8) is 0 Å². The number of nitrogens with zero attached hydrogens (tertiary/aromatic N) is 1. The van der Waals surface area contributed by atoms with Crippen molar-refractivity contribution in [3.05, 3.63) is 0 Å². The summed E-state index contributed by atoms with van der Waals surface area (Å²) in [7, 11) is 0. The van der Waals surface area contributed by atoms with Gasteiger partial charge in [0, 0.05) is 32.2 Å². The van der Waals surface area contributed by atoms with Gasteiger partial charge in [0.25, 0.3) is 0 Å². The van der Waals surface area contributed by atoms with Gasteiger partial charge in [-0.1, -0.05) is 183 Å². The van der Waals surface area contributed by atoms with Crippen LogP contribution >= 0.6 is 0 Å². The lowest BCUT2D eigenvalue weighted by Crippen LogP contribution is -2.27. The van der Waals surface area contributed by atoms with Crippen LogP contribution in [0.15, 0.2) is 0 Å². The van der Waals surface area contributed by atoms with Gasteiger partial charge in [-0.2, -0.15) is 0 Å². The second-order valence-corrected chi connectivity index (χ2v) is 20.6. The van der Waals surface area contributed by atoms with Crippen LogP contribution in [0.25, 0.3) is 0 Å². The Morgan fingerprint density at radius 1 is 0.333 bits per heavy atom. The van der Waals surface area contributed by atoms with Crippen molar-refractivity contribution in [2.24, 2.45) is 5.92 Å². The average Bonchev–Trinajstić information content (AvgIpc) is 3.37. The lowest BCUT2D eigenvalue weighted by Gasteiger charge is -2.19. The van der Waals surface area contributed by atoms with Gasteiger partial charge in [-0.15, -0.1) is 0 Å². The first-order valence-electron chi connectivity index (χ1n) is 30.3. The molecule has 0 aromatic rings. The molecule has 0 saturated carbocycles. The maximum Gasteiger partial charge on any atom is 0.508 e. The van der Waals surface area contributed by atoms with Crippen LogP contribution in [0.2, 0.25) is 0 Å². The Bertz CT molecular complexity index is 1150. The lowest BCUT2D eigenvalue weighted by molar-refractivity contribution is -0.151. The molecule has 0 bridgehead atoms. The molecule has 424 valence electrons. The van der Waals surface area contributed by atoms with Crippen molar-refractivity contribution >= 4 is 30.0 Å². The fourth-order valence-electron chi connectivity index (χ4n) is 8.98. The van der Waals surface area contributed by atoms with Crippen molar-refractivity contribution in [1.82, 2.24) is 4.90 Å². The highest BCUT2D eigenvalue weighted by atomic mass is 16.7. The molecule has 0 spiro atoms. The fourth-order valence-corrected chi connectivity index (χ4v) is 8.98. The summed E-state index contributed by atoms with van der Waals surface area (Å²) in [6.07, 6.45) is 37.6. The molecule has 0 aromatic heterocycles. The minimum absolute atomic E-state index is 0.0141. The Morgan fingerprint density at radius 3 is 0.986 bits per heavy atom. The third-order valence-electron chi connectivity index (χ3n) is 13.8. The molecule has 0 rings (SSSR count). The molecular formula is C60H113NO11. The van der Waals surface area contributed by atoms with Crippen LogP contribution in [0.3, 0.4) is 0 Å². The molecule has 0 aliphatic carbocycles. The van der Waals surface area contributed by atoms with E-state index in [2.05, 4.69) is 46.4 Å². The molecule has 0 aliphatic rings. The third-order valence-corrected chi connectivity index (χ3v) is 13.8. The molecule has 0 aromatic carbocycles. The van der Waals surface area contributed by atoms with Crippen molar-refractivity contribution < 1.29 is 52.4 Å². The van der Waals surface area contributed by atoms with Gasteiger partial charge in [0.15, 0.2) is 0 Å². The van der Waals surface area contributed by atoms with Crippen molar-refractivity contribution in [1.29, 1.82) is 0 Å². The number of carbonyl (C=O) groups excluding carboxylic acids is 5. The quantitative estimate of drug-likeness (QED) is 0.0325. The predicted octanol–water partition coefficient (Wildman–Crippen LogP) is 16.3. The monoisotopic (exact) mass is 1020 g/mol. The van der Waals surface area contributed by atoms with Crippen LogP contribution in [-0.2, 0) is 47.6 Å². The van der Waals surface area contributed by atoms with Crippen LogP contribution in [0.1, 0.15) is 292 Å². The SMILES string of the molecule is CCCCCCCCC(CCCCCCCC)OC(=O)CCCCCC(=O)OCC(COC(=O)CCCCCC(=O)OC(CCCCCCCC)CCCCCCCC)COC(=O)OCCCN(CC)CC. The molecule has 12 nitrogen and oxygen atoms in total. The maximum absolute atomic E-state index is 12.9. The van der Waals surface area contributed by atoms with Gasteiger partial charge in [0.05, 0.1) is 12.5 Å². The van der Waals surface area contributed by atoms with Crippen molar-refractivity contribution in [2.75, 3.05) is 46.1 Å². The molecule has 12 heteroatoms. The number of unbranched alkanes of at least 4 members (excludes halogenated alkanes) is 24. The van der Waals surface area contributed by atoms with Gasteiger partial charge in [-0.3, -0.25) is 19.2 Å². The Hall–Kier alpha value is -2.89. The second kappa shape index (κ2) is 53.0. The van der Waals surface area contributed by atoms with Crippen LogP contribution in [0.5, 0.6) is 0 Å². The zero-order valence-electron chi connectivity index (χ0n) is 47.7. The summed E-state index contributed by atoms with van der Waals surface area (Å²) >= 11 is 0. The van der Waals surface area contributed by atoms with E-state index in [1.807, 2.05) is 0 Å². The smallest absolute Gasteiger partial charge is 0.465 e. The number of rotatable bonds is 54. The van der Waals surface area contributed by atoms with E-state index in [0.717, 1.165) is 71.0 Å². The minimum atomic E-state index is -0.818. The van der Waals surface area contributed by atoms with Crippen molar-refractivity contribution in [3.8, 4) is 0 Å². The first kappa shape index (κ1) is 69.1. The summed E-state index contributed by atoms with van der Waals surface area (Å²) in [5.41, 5.74) is 0. The van der Waals surface area contributed by atoms with Crippen LogP contribution in [-0.4, -0.2) is 93.2 Å². The van der Waals surface area contributed by atoms with E-state index in [1.165, 1.54) is 128 Å². The highest BCUT2D eigenvalue weighted by molar-refractivity contribution is 5.71. The molecule has 0 saturated heterocycles. The molecular weight excluding hydrogens is 911 g/mol. The first-order valence-corrected chi connectivity index (χ1v) is 30.3. The summed E-state index contributed by atoms with van der Waals surface area (Å²) in [6.45, 7) is 15.6. The van der Waals surface area contributed by atoms with E-state index in [0.29, 0.717) is 57.8 Å². The molecule has 0 amide bonds. The zero-order valence-corrected chi connectivity index (χ0v) is 47.7. The van der Waals surface area contributed by atoms with Gasteiger partial charge in [0.2, 0.25) is 0 Å². The molecule has 0 aliphatic heterocycles. The standard InChI is InChI=1S/C60H113NO11/c1-7-13-17-21-25-31-40-54(41-32-26-22-18-14-8-2)71-58(64)46-37-29-35-44-56(62)68-50-53(52-70-60(66)67-49-39-48-61(11-5)12-6)51-69-57(63)45-36-30-38-47-59(65)72-55(42-33-27-23-19-15-9-3)43-34-28-24-20-16-10-4/h53-55H,7-52H2,1-6H3. The molecule has 0 radical (unpaired) electrons. The van der Waals surface area contributed by atoms with E-state index in [1.54, 1.807) is 0 Å². The van der Waals surface area contributed by atoms with Gasteiger partial charge >= 0.3 is 30.0 Å². The molecule has 0 unspecified atom stereocenters. The molecule has 72 heavy (non-hydrogen) atoms. The first-order chi connectivity index (χ1) is 35.1. The Morgan fingerprint density at radius 2 is 0.639 bits per heavy atom. The van der Waals surface area contributed by atoms with E-state index in [-0.39, 0.29) is 63.4 Å². The maximum atomic E-state index is 12.9. The van der Waals surface area contributed by atoms with Crippen LogP contribution in [0.4, 0.5) is 4.79 Å². The predicted molar refractivity (Wildman–Crippen MR) is 293 cm³/mol. The molecule has 0 N–H and O–H groups in total. The normalized spacial score (nSPS) is 11.5. The number of hydrogen-bond acceptors (Lipinski definition) is 12. The summed E-state index contributed by atoms with van der Waals surface area (Å²) in [5.74, 6) is -1.69. The van der Waals surface area contributed by atoms with Gasteiger partial charge in [-0.05, 0) is 96.6 Å². The Kier molecular flexibility index (Phi) is 50.8. The van der Waals surface area contributed by atoms with E-state index >= 15 is 0 Å². The molecule has 0 fully saturated rings. The largest absolute Gasteiger partial charge is 0.508 e. The average molecular weight is 1020 g/mol. The zero-order chi connectivity index (χ0) is 53.0. The summed E-state index contributed by atoms with van der Waals surface area (Å²) < 4.78 is 33.8. The van der Waals surface area contributed by atoms with Gasteiger partial charge < -0.3 is 33.3 Å². The lowest BCUT2D eigenvalue weighted by atomic mass is 10.0. The molecule has 0 atom stereocenters. The van der Waals surface area contributed by atoms with E-state index < -0.39 is 24.0 Å². The van der Waals surface area contributed by atoms with Crippen LogP contribution < -0.4 is 0 Å². The number of carbonyl (C=O) groups is 5. The number of esters is 4. The summed E-state index contributed by atoms with van der Waals surface area (Å²) in [4.78, 5) is 66.0. The Labute approximate surface area is 442 Å². The summed E-state index contributed by atoms with van der Waals surface area (Å²) in [6, 6.07) is 0. The highest BCUT2D eigenvalue weighted by Crippen LogP contribution is 2.20.